The highest BCUT2D eigenvalue weighted by Gasteiger charge is 2.23. The Balaban J connectivity index is 1.60. The van der Waals surface area contributed by atoms with Crippen LogP contribution in [0.3, 0.4) is 0 Å². The van der Waals surface area contributed by atoms with E-state index in [-0.39, 0.29) is 0 Å². The Morgan fingerprint density at radius 2 is 1.00 bits per heavy atom. The fourth-order valence-electron chi connectivity index (χ4n) is 4.72. The second-order valence-corrected chi connectivity index (χ2v) is 9.22. The van der Waals surface area contributed by atoms with E-state index in [1.807, 2.05) is 24.3 Å². The van der Waals surface area contributed by atoms with Gasteiger partial charge < -0.3 is 0 Å². The molecule has 8 bridgehead atoms. The molecule has 0 aromatic heterocycles. The maximum atomic E-state index is 5.15. The summed E-state index contributed by atoms with van der Waals surface area (Å²) < 4.78 is 0. The van der Waals surface area contributed by atoms with Gasteiger partial charge in [0.2, 0.25) is 0 Å². The minimum atomic E-state index is 0.911. The van der Waals surface area contributed by atoms with Crippen molar-refractivity contribution in [2.75, 3.05) is 0 Å². The Bertz CT molecular complexity index is 1250. The Kier molecular flexibility index (Phi) is 6.75. The summed E-state index contributed by atoms with van der Waals surface area (Å²) in [6.07, 6.45) is 30.1. The van der Waals surface area contributed by atoms with Crippen LogP contribution >= 0.6 is 0 Å². The minimum absolute atomic E-state index is 0.911. The molecule has 0 spiro atoms. The van der Waals surface area contributed by atoms with Gasteiger partial charge in [0.15, 0.2) is 0 Å². The van der Waals surface area contributed by atoms with E-state index in [0.717, 1.165) is 58.5 Å². The molecule has 0 aromatic rings. The first kappa shape index (κ1) is 22.4. The molecule has 4 heteroatoms. The topological polar surface area (TPSA) is 49.4 Å². The molecule has 5 aliphatic heterocycles. The van der Waals surface area contributed by atoms with Crippen molar-refractivity contribution in [3.8, 4) is 0 Å². The van der Waals surface area contributed by atoms with E-state index < -0.39 is 0 Å². The van der Waals surface area contributed by atoms with Crippen LogP contribution in [-0.2, 0) is 0 Å². The van der Waals surface area contributed by atoms with Crippen LogP contribution in [0.2, 0.25) is 0 Å². The molecule has 0 amide bonds. The standard InChI is InChI=1S/C30H32N4/c1-3-5-7-9-27-28(10-8-6-4-2)30-20-26-16-14-24(33-26)18-22-12-11-21(31-22)17-23-13-15-25(32-23)19-29(27)34-30/h11-20H,3-10H2,1-2H3. The van der Waals surface area contributed by atoms with Gasteiger partial charge in [0, 0.05) is 0 Å². The lowest BCUT2D eigenvalue weighted by molar-refractivity contribution is 0.700. The molecule has 0 aromatic carbocycles. The lowest BCUT2D eigenvalue weighted by atomic mass is 9.94. The maximum absolute atomic E-state index is 5.15. The number of nitrogens with zero attached hydrogens (tertiary/aromatic N) is 4. The zero-order valence-electron chi connectivity index (χ0n) is 20.2. The fraction of sp³-hybridized carbons (Fsp3) is 0.333. The molecule has 5 rings (SSSR count). The molecule has 172 valence electrons. The van der Waals surface area contributed by atoms with Gasteiger partial charge in [-0.1, -0.05) is 39.5 Å². The average molecular weight is 449 g/mol. The van der Waals surface area contributed by atoms with Crippen molar-refractivity contribution in [3.63, 3.8) is 0 Å². The van der Waals surface area contributed by atoms with Crippen molar-refractivity contribution in [1.29, 1.82) is 0 Å². The Morgan fingerprint density at radius 1 is 0.500 bits per heavy atom. The molecular formula is C30H32N4. The summed E-state index contributed by atoms with van der Waals surface area (Å²) in [4.78, 5) is 19.5. The van der Waals surface area contributed by atoms with E-state index in [0.29, 0.717) is 0 Å². The SMILES string of the molecule is CCCCCC1=C(CCCCC)C2=NC1=CC1=NC(=CC3=NC(=CC4=NC(=C2)C=C4)C=C3)C=C1. The Morgan fingerprint density at radius 3 is 1.56 bits per heavy atom. The van der Waals surface area contributed by atoms with Crippen molar-refractivity contribution in [1.82, 2.24) is 0 Å². The summed E-state index contributed by atoms with van der Waals surface area (Å²) in [5, 5.41) is 0. The molecule has 4 nitrogen and oxygen atoms in total. The van der Waals surface area contributed by atoms with Crippen molar-refractivity contribution in [2.24, 2.45) is 20.0 Å². The van der Waals surface area contributed by atoms with Gasteiger partial charge in [0.25, 0.3) is 0 Å². The zero-order valence-corrected chi connectivity index (χ0v) is 20.2. The number of rotatable bonds is 8. The van der Waals surface area contributed by atoms with E-state index in [1.54, 1.807) is 0 Å². The lowest BCUT2D eigenvalue weighted by Gasteiger charge is -2.09. The van der Waals surface area contributed by atoms with E-state index in [1.165, 1.54) is 49.7 Å². The minimum Gasteiger partial charge on any atom is -0.249 e. The molecule has 0 atom stereocenters. The quantitative estimate of drug-likeness (QED) is 0.346. The van der Waals surface area contributed by atoms with Gasteiger partial charge in [-0.05, 0) is 97.6 Å². The summed E-state index contributed by atoms with van der Waals surface area (Å²) in [6, 6.07) is 0. The summed E-state index contributed by atoms with van der Waals surface area (Å²) in [6.45, 7) is 4.52. The maximum Gasteiger partial charge on any atom is 0.0694 e. The van der Waals surface area contributed by atoms with Gasteiger partial charge in [0.1, 0.15) is 0 Å². The van der Waals surface area contributed by atoms with Gasteiger partial charge in [0.05, 0.1) is 45.6 Å². The monoisotopic (exact) mass is 448 g/mol. The normalized spacial score (nSPS) is 20.2. The van der Waals surface area contributed by atoms with Crippen LogP contribution in [0.4, 0.5) is 0 Å². The largest absolute Gasteiger partial charge is 0.249 e. The second-order valence-electron chi connectivity index (χ2n) is 9.22. The first-order valence-electron chi connectivity index (χ1n) is 12.7. The number of unbranched alkanes of at least 4 members (excludes halogenated alkanes) is 4. The number of hydrogen-bond acceptors (Lipinski definition) is 4. The Labute approximate surface area is 202 Å². The van der Waals surface area contributed by atoms with E-state index in [4.69, 9.17) is 20.0 Å². The van der Waals surface area contributed by atoms with Gasteiger partial charge in [-0.3, -0.25) is 0 Å². The molecule has 5 heterocycles. The predicted octanol–water partition coefficient (Wildman–Crippen LogP) is 7.48. The molecular weight excluding hydrogens is 416 g/mol. The molecule has 5 aliphatic rings. The zero-order chi connectivity index (χ0) is 23.3. The van der Waals surface area contributed by atoms with E-state index in [2.05, 4.69) is 50.3 Å². The fourth-order valence-corrected chi connectivity index (χ4v) is 4.72. The van der Waals surface area contributed by atoms with Crippen LogP contribution in [0.15, 0.2) is 115 Å². The summed E-state index contributed by atoms with van der Waals surface area (Å²) >= 11 is 0. The first-order valence-corrected chi connectivity index (χ1v) is 12.7. The van der Waals surface area contributed by atoms with Gasteiger partial charge in [-0.15, -0.1) is 0 Å². The van der Waals surface area contributed by atoms with Crippen LogP contribution in [0.1, 0.15) is 65.2 Å². The molecule has 0 aliphatic carbocycles. The summed E-state index contributed by atoms with van der Waals surface area (Å²) in [5.41, 5.74) is 10.5. The summed E-state index contributed by atoms with van der Waals surface area (Å²) in [5.74, 6) is 0. The predicted molar refractivity (Wildman–Crippen MR) is 145 cm³/mol. The van der Waals surface area contributed by atoms with Gasteiger partial charge in [-0.25, -0.2) is 20.0 Å². The third-order valence-electron chi connectivity index (χ3n) is 6.49. The highest BCUT2D eigenvalue weighted by atomic mass is 14.8. The second kappa shape index (κ2) is 10.3. The molecule has 0 saturated carbocycles. The van der Waals surface area contributed by atoms with Crippen molar-refractivity contribution >= 4 is 22.8 Å². The average Bonchev–Trinajstić information content (AvgIpc) is 3.61. The third-order valence-corrected chi connectivity index (χ3v) is 6.49. The molecule has 0 unspecified atom stereocenters. The van der Waals surface area contributed by atoms with Crippen molar-refractivity contribution in [3.05, 3.63) is 94.7 Å². The number of allylic oxidation sites excluding steroid dienone is 12. The van der Waals surface area contributed by atoms with E-state index >= 15 is 0 Å². The highest BCUT2D eigenvalue weighted by molar-refractivity contribution is 6.16. The van der Waals surface area contributed by atoms with Gasteiger partial charge >= 0.3 is 0 Å². The molecule has 0 radical (unpaired) electrons. The highest BCUT2D eigenvalue weighted by Crippen LogP contribution is 2.34. The van der Waals surface area contributed by atoms with Gasteiger partial charge in [-0.2, -0.15) is 0 Å². The number of fused-ring (bicyclic) bond motifs is 4. The van der Waals surface area contributed by atoms with Crippen LogP contribution in [-0.4, -0.2) is 22.8 Å². The van der Waals surface area contributed by atoms with Crippen molar-refractivity contribution in [2.45, 2.75) is 65.2 Å². The number of aliphatic imine (C=N–C) groups is 4. The summed E-state index contributed by atoms with van der Waals surface area (Å²) in [7, 11) is 0. The van der Waals surface area contributed by atoms with Crippen LogP contribution < -0.4 is 0 Å². The van der Waals surface area contributed by atoms with Crippen molar-refractivity contribution < 1.29 is 0 Å². The molecule has 0 N–H and O–H groups in total. The Hall–Kier alpha value is -3.40. The third kappa shape index (κ3) is 5.06. The molecule has 34 heavy (non-hydrogen) atoms. The van der Waals surface area contributed by atoms with Crippen LogP contribution in [0.5, 0.6) is 0 Å². The van der Waals surface area contributed by atoms with E-state index in [9.17, 15) is 0 Å². The van der Waals surface area contributed by atoms with Crippen LogP contribution in [0.25, 0.3) is 0 Å². The van der Waals surface area contributed by atoms with Crippen LogP contribution in [0, 0.1) is 0 Å². The smallest absolute Gasteiger partial charge is 0.0694 e. The molecule has 0 saturated heterocycles. The molecule has 0 fully saturated rings. The first-order chi connectivity index (χ1) is 16.7. The number of hydrogen-bond donors (Lipinski definition) is 0. The lowest BCUT2D eigenvalue weighted by Crippen LogP contribution is -2.00.